The van der Waals surface area contributed by atoms with Gasteiger partial charge in [-0.25, -0.2) is 13.1 Å². The molecule has 0 aromatic carbocycles. The lowest BCUT2D eigenvalue weighted by Crippen LogP contribution is -2.48. The van der Waals surface area contributed by atoms with Gasteiger partial charge in [-0.15, -0.1) is 11.3 Å². The van der Waals surface area contributed by atoms with Gasteiger partial charge in [0.2, 0.25) is 11.8 Å². The molecule has 0 spiro atoms. The topological polar surface area (TPSA) is 118 Å². The lowest BCUT2D eigenvalue weighted by atomic mass is 10.0. The molecule has 0 aliphatic heterocycles. The van der Waals surface area contributed by atoms with Crippen LogP contribution in [0.4, 0.5) is 0 Å². The smallest absolute Gasteiger partial charge is 0.250 e. The molecule has 0 radical (unpaired) electrons. The maximum atomic E-state index is 12.0. The first-order valence-corrected chi connectivity index (χ1v) is 9.54. The Bertz CT molecular complexity index is 643. The summed E-state index contributed by atoms with van der Waals surface area (Å²) in [6.07, 6.45) is 0.395. The Morgan fingerprint density at radius 3 is 2.45 bits per heavy atom. The van der Waals surface area contributed by atoms with Crippen molar-refractivity contribution < 1.29 is 18.0 Å². The molecule has 1 heterocycles. The van der Waals surface area contributed by atoms with E-state index in [4.69, 9.17) is 5.73 Å². The fourth-order valence-electron chi connectivity index (χ4n) is 1.64. The number of hydrogen-bond donors (Lipinski definition) is 3. The average molecular weight is 412 g/mol. The first-order chi connectivity index (χ1) is 10.1. The number of hydrogen-bond acceptors (Lipinski definition) is 5. The van der Waals surface area contributed by atoms with Crippen LogP contribution in [-0.4, -0.2) is 32.8 Å². The van der Waals surface area contributed by atoms with Crippen LogP contribution in [0.5, 0.6) is 0 Å². The third-order valence-electron chi connectivity index (χ3n) is 2.62. The van der Waals surface area contributed by atoms with Gasteiger partial charge in [-0.2, -0.15) is 0 Å². The summed E-state index contributed by atoms with van der Waals surface area (Å²) >= 11 is 4.21. The second kappa shape index (κ2) is 8.04. The number of thiophene rings is 1. The summed E-state index contributed by atoms with van der Waals surface area (Å²) < 4.78 is 26.9. The van der Waals surface area contributed by atoms with Crippen LogP contribution >= 0.6 is 27.3 Å². The van der Waals surface area contributed by atoms with Crippen LogP contribution in [0.15, 0.2) is 20.1 Å². The Kier molecular flexibility index (Phi) is 6.98. The maximum absolute atomic E-state index is 12.0. The van der Waals surface area contributed by atoms with E-state index in [1.54, 1.807) is 6.07 Å². The zero-order valence-corrected chi connectivity index (χ0v) is 15.3. The Balaban J connectivity index is 2.60. The van der Waals surface area contributed by atoms with E-state index in [0.29, 0.717) is 10.2 Å². The molecule has 0 aliphatic carbocycles. The Morgan fingerprint density at radius 2 is 2.00 bits per heavy atom. The third-order valence-corrected chi connectivity index (χ3v) is 6.14. The van der Waals surface area contributed by atoms with Crippen LogP contribution in [0.1, 0.15) is 20.3 Å². The molecular weight excluding hydrogens is 394 g/mol. The summed E-state index contributed by atoms with van der Waals surface area (Å²) in [5.41, 5.74) is 5.21. The normalized spacial score (nSPS) is 13.1. The highest BCUT2D eigenvalue weighted by Crippen LogP contribution is 2.25. The van der Waals surface area contributed by atoms with Gasteiger partial charge in [0.15, 0.2) is 0 Å². The van der Waals surface area contributed by atoms with Crippen molar-refractivity contribution in [3.05, 3.63) is 15.9 Å². The molecule has 0 aliphatic rings. The highest BCUT2D eigenvalue weighted by Gasteiger charge is 2.21. The largest absolute Gasteiger partial charge is 0.368 e. The quantitative estimate of drug-likeness (QED) is 0.585. The molecule has 0 fully saturated rings. The van der Waals surface area contributed by atoms with Gasteiger partial charge >= 0.3 is 0 Å². The van der Waals surface area contributed by atoms with E-state index in [9.17, 15) is 18.0 Å². The molecule has 124 valence electrons. The highest BCUT2D eigenvalue weighted by molar-refractivity contribution is 9.11. The molecule has 1 atom stereocenters. The summed E-state index contributed by atoms with van der Waals surface area (Å²) in [5.74, 6) is -1.09. The number of amides is 2. The second-order valence-electron chi connectivity index (χ2n) is 5.04. The number of primary amides is 1. The molecule has 1 aromatic heterocycles. The summed E-state index contributed by atoms with van der Waals surface area (Å²) in [5, 5.41) is 2.43. The van der Waals surface area contributed by atoms with E-state index in [1.165, 1.54) is 6.07 Å². The van der Waals surface area contributed by atoms with E-state index in [0.717, 1.165) is 11.3 Å². The molecule has 4 N–H and O–H groups in total. The molecule has 1 rings (SSSR count). The van der Waals surface area contributed by atoms with Crippen LogP contribution in [0, 0.1) is 5.92 Å². The van der Waals surface area contributed by atoms with Crippen molar-refractivity contribution in [2.24, 2.45) is 11.7 Å². The molecule has 1 unspecified atom stereocenters. The van der Waals surface area contributed by atoms with Gasteiger partial charge in [0.25, 0.3) is 10.0 Å². The van der Waals surface area contributed by atoms with E-state index < -0.39 is 34.4 Å². The van der Waals surface area contributed by atoms with Crippen LogP contribution in [0.3, 0.4) is 0 Å². The van der Waals surface area contributed by atoms with Crippen LogP contribution < -0.4 is 15.8 Å². The summed E-state index contributed by atoms with van der Waals surface area (Å²) in [6.45, 7) is 3.32. The van der Waals surface area contributed by atoms with Crippen molar-refractivity contribution in [2.75, 3.05) is 6.54 Å². The van der Waals surface area contributed by atoms with Gasteiger partial charge in [0.1, 0.15) is 10.3 Å². The predicted octanol–water partition coefficient (Wildman–Crippen LogP) is 0.805. The molecule has 22 heavy (non-hydrogen) atoms. The van der Waals surface area contributed by atoms with Crippen molar-refractivity contribution in [3.63, 3.8) is 0 Å². The summed E-state index contributed by atoms with van der Waals surface area (Å²) in [4.78, 5) is 23.0. The number of nitrogens with one attached hydrogen (secondary N) is 2. The average Bonchev–Trinajstić information content (AvgIpc) is 2.82. The monoisotopic (exact) mass is 411 g/mol. The first kappa shape index (κ1) is 19.1. The van der Waals surface area contributed by atoms with Crippen molar-refractivity contribution in [1.29, 1.82) is 0 Å². The van der Waals surface area contributed by atoms with Gasteiger partial charge in [-0.3, -0.25) is 9.59 Å². The Morgan fingerprint density at radius 1 is 1.36 bits per heavy atom. The van der Waals surface area contributed by atoms with Gasteiger partial charge in [0.05, 0.1) is 10.3 Å². The van der Waals surface area contributed by atoms with Crippen molar-refractivity contribution in [2.45, 2.75) is 30.5 Å². The van der Waals surface area contributed by atoms with Crippen molar-refractivity contribution in [3.8, 4) is 0 Å². The van der Waals surface area contributed by atoms with Crippen molar-refractivity contribution >= 4 is 49.1 Å². The SMILES string of the molecule is CC(C)CC(NC(=O)CNS(=O)(=O)c1ccc(Br)s1)C(N)=O. The summed E-state index contributed by atoms with van der Waals surface area (Å²) in [7, 11) is -3.75. The van der Waals surface area contributed by atoms with Crippen LogP contribution in [0.2, 0.25) is 0 Å². The number of sulfonamides is 1. The molecule has 2 amide bonds. The number of carbonyl (C=O) groups is 2. The lowest BCUT2D eigenvalue weighted by molar-refractivity contribution is -0.127. The van der Waals surface area contributed by atoms with E-state index in [1.807, 2.05) is 13.8 Å². The zero-order valence-electron chi connectivity index (χ0n) is 12.1. The number of halogens is 1. The highest BCUT2D eigenvalue weighted by atomic mass is 79.9. The standard InChI is InChI=1S/C12H18BrN3O4S2/c1-7(2)5-8(12(14)18)16-10(17)6-15-22(19,20)11-4-3-9(13)21-11/h3-4,7-8,15H,5-6H2,1-2H3,(H2,14,18)(H,16,17). The minimum atomic E-state index is -3.75. The van der Waals surface area contributed by atoms with E-state index in [-0.39, 0.29) is 10.1 Å². The first-order valence-electron chi connectivity index (χ1n) is 6.45. The van der Waals surface area contributed by atoms with Crippen molar-refractivity contribution in [1.82, 2.24) is 10.0 Å². The third kappa shape index (κ3) is 6.03. The zero-order chi connectivity index (χ0) is 16.9. The molecule has 0 saturated heterocycles. The van der Waals surface area contributed by atoms with Crippen LogP contribution in [-0.2, 0) is 19.6 Å². The number of carbonyl (C=O) groups excluding carboxylic acids is 2. The van der Waals surface area contributed by atoms with Gasteiger partial charge in [0, 0.05) is 0 Å². The maximum Gasteiger partial charge on any atom is 0.250 e. The Hall–Kier alpha value is -0.970. The number of nitrogens with two attached hydrogens (primary N) is 1. The fraction of sp³-hybridized carbons (Fsp3) is 0.500. The van der Waals surface area contributed by atoms with Gasteiger partial charge in [-0.05, 0) is 40.4 Å². The summed E-state index contributed by atoms with van der Waals surface area (Å²) in [6, 6.07) is 2.22. The fourth-order valence-corrected chi connectivity index (χ4v) is 4.67. The molecule has 1 aromatic rings. The van der Waals surface area contributed by atoms with Gasteiger partial charge in [-0.1, -0.05) is 13.8 Å². The molecular formula is C12H18BrN3O4S2. The minimum absolute atomic E-state index is 0.0980. The number of rotatable bonds is 8. The lowest BCUT2D eigenvalue weighted by Gasteiger charge is -2.17. The predicted molar refractivity (Wildman–Crippen MR) is 87.8 cm³/mol. The van der Waals surface area contributed by atoms with E-state index >= 15 is 0 Å². The minimum Gasteiger partial charge on any atom is -0.368 e. The molecule has 0 bridgehead atoms. The Labute approximate surface area is 141 Å². The second-order valence-corrected chi connectivity index (χ2v) is 9.49. The van der Waals surface area contributed by atoms with Gasteiger partial charge < -0.3 is 11.1 Å². The van der Waals surface area contributed by atoms with E-state index in [2.05, 4.69) is 26.0 Å². The molecule has 10 heteroatoms. The van der Waals surface area contributed by atoms with Crippen LogP contribution in [0.25, 0.3) is 0 Å². The molecule has 0 saturated carbocycles. The molecule has 7 nitrogen and oxygen atoms in total.